The molecule has 98 valence electrons. The molecule has 2 aromatic rings. The fourth-order valence-electron chi connectivity index (χ4n) is 1.73. The van der Waals surface area contributed by atoms with Crippen LogP contribution in [0.5, 0.6) is 0 Å². The summed E-state index contributed by atoms with van der Waals surface area (Å²) in [7, 11) is 0. The van der Waals surface area contributed by atoms with E-state index in [1.165, 1.54) is 5.01 Å². The van der Waals surface area contributed by atoms with Crippen LogP contribution in [0, 0.1) is 0 Å². The predicted molar refractivity (Wildman–Crippen MR) is 72.6 cm³/mol. The zero-order valence-corrected chi connectivity index (χ0v) is 11.5. The van der Waals surface area contributed by atoms with Crippen molar-refractivity contribution >= 4 is 11.3 Å². The smallest absolute Gasteiger partial charge is 0.0928 e. The molecule has 0 aliphatic rings. The maximum absolute atomic E-state index is 5.47. The fourth-order valence-corrected chi connectivity index (χ4v) is 2.62. The van der Waals surface area contributed by atoms with E-state index in [1.807, 2.05) is 10.9 Å². The zero-order chi connectivity index (χ0) is 12.8. The van der Waals surface area contributed by atoms with Crippen LogP contribution in [-0.2, 0) is 19.4 Å². The van der Waals surface area contributed by atoms with E-state index in [9.17, 15) is 0 Å². The molecule has 0 aromatic carbocycles. The van der Waals surface area contributed by atoms with Crippen LogP contribution in [0.25, 0.3) is 0 Å². The molecule has 6 heteroatoms. The van der Waals surface area contributed by atoms with Crippen LogP contribution >= 0.6 is 11.3 Å². The molecule has 0 unspecified atom stereocenters. The zero-order valence-electron chi connectivity index (χ0n) is 10.7. The number of nitrogens with zero attached hydrogens (tertiary/aromatic N) is 4. The number of thiazole rings is 1. The summed E-state index contributed by atoms with van der Waals surface area (Å²) in [6.07, 6.45) is 6.03. The Balaban J connectivity index is 1.93. The third-order valence-corrected chi connectivity index (χ3v) is 3.57. The molecule has 0 amide bonds. The highest BCUT2D eigenvalue weighted by molar-refractivity contribution is 7.09. The Morgan fingerprint density at radius 1 is 1.33 bits per heavy atom. The summed E-state index contributed by atoms with van der Waals surface area (Å²) in [4.78, 5) is 4.58. The van der Waals surface area contributed by atoms with Crippen LogP contribution in [0.4, 0.5) is 0 Å². The van der Waals surface area contributed by atoms with Crippen LogP contribution in [0.1, 0.15) is 36.2 Å². The summed E-state index contributed by atoms with van der Waals surface area (Å²) in [5.74, 6) is 0. The van der Waals surface area contributed by atoms with Crippen LogP contribution in [0.15, 0.2) is 11.6 Å². The average molecular weight is 265 g/mol. The Morgan fingerprint density at radius 3 is 3.00 bits per heavy atom. The maximum Gasteiger partial charge on any atom is 0.0928 e. The van der Waals surface area contributed by atoms with Gasteiger partial charge in [-0.2, -0.15) is 0 Å². The second-order valence-electron chi connectivity index (χ2n) is 4.28. The van der Waals surface area contributed by atoms with Crippen molar-refractivity contribution in [3.05, 3.63) is 28.0 Å². The Hall–Kier alpha value is -1.27. The van der Waals surface area contributed by atoms with Crippen LogP contribution < -0.4 is 5.73 Å². The number of hydrogen-bond acceptors (Lipinski definition) is 5. The second kappa shape index (κ2) is 6.61. The summed E-state index contributed by atoms with van der Waals surface area (Å²) < 4.78 is 1.84. The summed E-state index contributed by atoms with van der Waals surface area (Å²) in [6.45, 7) is 3.57. The number of hydrogen-bond donors (Lipinski definition) is 1. The highest BCUT2D eigenvalue weighted by Crippen LogP contribution is 2.12. The fraction of sp³-hybridized carbons (Fsp3) is 0.583. The van der Waals surface area contributed by atoms with Gasteiger partial charge in [0.2, 0.25) is 0 Å². The minimum Gasteiger partial charge on any atom is -0.330 e. The van der Waals surface area contributed by atoms with Gasteiger partial charge in [-0.1, -0.05) is 12.1 Å². The summed E-state index contributed by atoms with van der Waals surface area (Å²) >= 11 is 1.72. The number of aryl methyl sites for hydroxylation is 2. The first-order chi connectivity index (χ1) is 8.81. The lowest BCUT2D eigenvalue weighted by molar-refractivity contribution is 0.638. The van der Waals surface area contributed by atoms with Crippen LogP contribution in [0.2, 0.25) is 0 Å². The Kier molecular flexibility index (Phi) is 4.83. The highest BCUT2D eigenvalue weighted by Gasteiger charge is 2.05. The van der Waals surface area contributed by atoms with Crippen molar-refractivity contribution < 1.29 is 0 Å². The highest BCUT2D eigenvalue weighted by atomic mass is 32.1. The van der Waals surface area contributed by atoms with E-state index in [4.69, 9.17) is 5.73 Å². The van der Waals surface area contributed by atoms with Crippen LogP contribution in [0.3, 0.4) is 0 Å². The maximum atomic E-state index is 5.47. The number of aromatic nitrogens is 4. The number of rotatable bonds is 7. The molecule has 0 spiro atoms. The molecule has 0 saturated carbocycles. The Bertz CT molecular complexity index is 476. The quantitative estimate of drug-likeness (QED) is 0.826. The summed E-state index contributed by atoms with van der Waals surface area (Å²) in [6, 6.07) is 0. The van der Waals surface area contributed by atoms with E-state index in [0.717, 1.165) is 37.1 Å². The predicted octanol–water partition coefficient (Wildman–Crippen LogP) is 1.63. The molecular formula is C12H19N5S. The lowest BCUT2D eigenvalue weighted by Gasteiger charge is -1.95. The van der Waals surface area contributed by atoms with Crippen molar-refractivity contribution in [1.29, 1.82) is 0 Å². The van der Waals surface area contributed by atoms with Gasteiger partial charge in [0.05, 0.1) is 22.9 Å². The minimum atomic E-state index is 0.694. The molecule has 0 aliphatic carbocycles. The van der Waals surface area contributed by atoms with Crippen molar-refractivity contribution in [3.8, 4) is 0 Å². The van der Waals surface area contributed by atoms with Gasteiger partial charge < -0.3 is 5.73 Å². The molecule has 0 fully saturated rings. The van der Waals surface area contributed by atoms with E-state index in [2.05, 4.69) is 27.6 Å². The number of nitrogens with two attached hydrogens (primary N) is 1. The van der Waals surface area contributed by atoms with E-state index < -0.39 is 0 Å². The van der Waals surface area contributed by atoms with Gasteiger partial charge in [-0.3, -0.25) is 0 Å². The molecule has 18 heavy (non-hydrogen) atoms. The summed E-state index contributed by atoms with van der Waals surface area (Å²) in [5.41, 5.74) is 7.55. The lowest BCUT2D eigenvalue weighted by atomic mass is 10.2. The van der Waals surface area contributed by atoms with Crippen molar-refractivity contribution in [1.82, 2.24) is 20.0 Å². The summed E-state index contributed by atoms with van der Waals surface area (Å²) in [5, 5.41) is 11.5. The molecule has 0 bridgehead atoms. The SMILES string of the molecule is CCCc1nc(Cn2cc(CCCN)nn2)cs1. The van der Waals surface area contributed by atoms with E-state index in [0.29, 0.717) is 13.1 Å². The minimum absolute atomic E-state index is 0.694. The molecular weight excluding hydrogens is 246 g/mol. The van der Waals surface area contributed by atoms with Gasteiger partial charge in [-0.25, -0.2) is 9.67 Å². The first kappa shape index (κ1) is 13.2. The molecule has 2 aromatic heterocycles. The molecule has 0 aliphatic heterocycles. The molecule has 5 nitrogen and oxygen atoms in total. The van der Waals surface area contributed by atoms with Gasteiger partial charge in [0.1, 0.15) is 0 Å². The van der Waals surface area contributed by atoms with Crippen molar-refractivity contribution in [2.24, 2.45) is 5.73 Å². The van der Waals surface area contributed by atoms with Gasteiger partial charge >= 0.3 is 0 Å². The third kappa shape index (κ3) is 3.61. The van der Waals surface area contributed by atoms with Gasteiger partial charge in [0, 0.05) is 11.6 Å². The van der Waals surface area contributed by atoms with Crippen LogP contribution in [-0.4, -0.2) is 26.5 Å². The third-order valence-electron chi connectivity index (χ3n) is 2.61. The molecule has 0 atom stereocenters. The molecule has 0 radical (unpaired) electrons. The van der Waals surface area contributed by atoms with E-state index >= 15 is 0 Å². The van der Waals surface area contributed by atoms with Crippen molar-refractivity contribution in [2.45, 2.75) is 39.2 Å². The topological polar surface area (TPSA) is 69.6 Å². The monoisotopic (exact) mass is 265 g/mol. The van der Waals surface area contributed by atoms with Crippen molar-refractivity contribution in [2.75, 3.05) is 6.54 Å². The Morgan fingerprint density at radius 2 is 2.22 bits per heavy atom. The van der Waals surface area contributed by atoms with Gasteiger partial charge in [0.25, 0.3) is 0 Å². The largest absolute Gasteiger partial charge is 0.330 e. The van der Waals surface area contributed by atoms with E-state index in [1.54, 1.807) is 11.3 Å². The first-order valence-corrected chi connectivity index (χ1v) is 7.22. The normalized spacial score (nSPS) is 11.0. The van der Waals surface area contributed by atoms with Crippen molar-refractivity contribution in [3.63, 3.8) is 0 Å². The van der Waals surface area contributed by atoms with Gasteiger partial charge in [0.15, 0.2) is 0 Å². The van der Waals surface area contributed by atoms with Gasteiger partial charge in [-0.05, 0) is 32.2 Å². The molecule has 2 N–H and O–H groups in total. The van der Waals surface area contributed by atoms with Gasteiger partial charge in [-0.15, -0.1) is 16.4 Å². The average Bonchev–Trinajstić information content (AvgIpc) is 2.98. The standard InChI is InChI=1S/C12H19N5S/c1-2-4-12-14-11(9-18-12)8-17-7-10(15-16-17)5-3-6-13/h7,9H,2-6,8,13H2,1H3. The molecule has 2 heterocycles. The lowest BCUT2D eigenvalue weighted by Crippen LogP contribution is -2.01. The molecule has 0 saturated heterocycles. The first-order valence-electron chi connectivity index (χ1n) is 6.34. The van der Waals surface area contributed by atoms with E-state index in [-0.39, 0.29) is 0 Å². The molecule has 2 rings (SSSR count). The Labute approximate surface area is 111 Å². The second-order valence-corrected chi connectivity index (χ2v) is 5.22.